The fraction of sp³-hybridized carbons (Fsp3) is 0.381. The van der Waals surface area contributed by atoms with Crippen LogP contribution in [0.25, 0.3) is 0 Å². The summed E-state index contributed by atoms with van der Waals surface area (Å²) in [4.78, 5) is 11.9. The van der Waals surface area contributed by atoms with Gasteiger partial charge in [0.1, 0.15) is 5.75 Å². The molecule has 2 rings (SSSR count). The third-order valence-corrected chi connectivity index (χ3v) is 4.55. The molecule has 0 bridgehead atoms. The van der Waals surface area contributed by atoms with Crippen molar-refractivity contribution in [1.29, 1.82) is 0 Å². The highest BCUT2D eigenvalue weighted by Gasteiger charge is 2.06. The van der Waals surface area contributed by atoms with E-state index in [-0.39, 0.29) is 5.91 Å². The number of amides is 1. The Morgan fingerprint density at radius 1 is 1.07 bits per heavy atom. The molecule has 0 aliphatic heterocycles. The Labute approximate surface area is 165 Å². The molecule has 0 unspecified atom stereocenters. The van der Waals surface area contributed by atoms with E-state index in [9.17, 15) is 4.79 Å². The molecule has 0 aliphatic carbocycles. The number of nitrogens with one attached hydrogen (secondary N) is 1. The zero-order valence-corrected chi connectivity index (χ0v) is 16.8. The van der Waals surface area contributed by atoms with E-state index >= 15 is 0 Å². The first-order chi connectivity index (χ1) is 13.0. The average Bonchev–Trinajstić information content (AvgIpc) is 2.67. The van der Waals surface area contributed by atoms with Gasteiger partial charge in [-0.2, -0.15) is 0 Å². The van der Waals surface area contributed by atoms with E-state index in [1.807, 2.05) is 43.3 Å². The van der Waals surface area contributed by atoms with E-state index in [1.54, 1.807) is 14.2 Å². The van der Waals surface area contributed by atoms with Crippen LogP contribution in [0.2, 0.25) is 5.02 Å². The van der Waals surface area contributed by atoms with E-state index < -0.39 is 0 Å². The summed E-state index contributed by atoms with van der Waals surface area (Å²) in [5.41, 5.74) is 2.05. The number of methoxy groups -OCH3 is 2. The van der Waals surface area contributed by atoms with Gasteiger partial charge < -0.3 is 19.5 Å². The fourth-order valence-corrected chi connectivity index (χ4v) is 2.72. The van der Waals surface area contributed by atoms with Crippen LogP contribution in [0, 0.1) is 6.92 Å². The molecule has 2 aromatic rings. The van der Waals surface area contributed by atoms with E-state index in [2.05, 4.69) is 5.32 Å². The summed E-state index contributed by atoms with van der Waals surface area (Å²) in [6, 6.07) is 11.3. The molecule has 1 N–H and O–H groups in total. The molecule has 5 nitrogen and oxygen atoms in total. The molecule has 0 aliphatic rings. The maximum Gasteiger partial charge on any atom is 0.220 e. The first-order valence-corrected chi connectivity index (χ1v) is 9.28. The van der Waals surface area contributed by atoms with E-state index in [1.165, 1.54) is 0 Å². The number of halogens is 1. The predicted molar refractivity (Wildman–Crippen MR) is 107 cm³/mol. The van der Waals surface area contributed by atoms with E-state index in [4.69, 9.17) is 25.8 Å². The van der Waals surface area contributed by atoms with Crippen molar-refractivity contribution < 1.29 is 19.0 Å². The molecule has 0 fully saturated rings. The number of benzene rings is 2. The number of hydrogen-bond acceptors (Lipinski definition) is 4. The van der Waals surface area contributed by atoms with Gasteiger partial charge in [-0.05, 0) is 61.2 Å². The Kier molecular flexibility index (Phi) is 8.27. The summed E-state index contributed by atoms with van der Waals surface area (Å²) in [5.74, 6) is 2.18. The molecular weight excluding hydrogens is 366 g/mol. The summed E-state index contributed by atoms with van der Waals surface area (Å²) in [6.07, 6.45) is 1.81. The third-order valence-electron chi connectivity index (χ3n) is 4.13. The lowest BCUT2D eigenvalue weighted by Crippen LogP contribution is -2.25. The van der Waals surface area contributed by atoms with Crippen LogP contribution in [0.15, 0.2) is 36.4 Å². The van der Waals surface area contributed by atoms with Crippen molar-refractivity contribution in [3.8, 4) is 17.2 Å². The van der Waals surface area contributed by atoms with E-state index in [0.29, 0.717) is 37.5 Å². The number of carbonyl (C=O) groups is 1. The number of rotatable bonds is 10. The van der Waals surface area contributed by atoms with Crippen LogP contribution in [-0.4, -0.2) is 33.3 Å². The Bertz CT molecular complexity index is 764. The van der Waals surface area contributed by atoms with Gasteiger partial charge in [0.25, 0.3) is 0 Å². The molecule has 1 amide bonds. The second-order valence-electron chi connectivity index (χ2n) is 6.15. The average molecular weight is 392 g/mol. The van der Waals surface area contributed by atoms with Crippen molar-refractivity contribution in [3.63, 3.8) is 0 Å². The zero-order chi connectivity index (χ0) is 19.6. The molecule has 27 heavy (non-hydrogen) atoms. The first-order valence-electron chi connectivity index (χ1n) is 8.90. The van der Waals surface area contributed by atoms with Gasteiger partial charge in [-0.3, -0.25) is 4.79 Å². The van der Waals surface area contributed by atoms with Gasteiger partial charge >= 0.3 is 0 Å². The maximum atomic E-state index is 11.9. The van der Waals surface area contributed by atoms with Gasteiger partial charge in [0, 0.05) is 18.0 Å². The van der Waals surface area contributed by atoms with Crippen molar-refractivity contribution in [2.75, 3.05) is 27.4 Å². The molecule has 0 radical (unpaired) electrons. The van der Waals surface area contributed by atoms with Gasteiger partial charge in [0.15, 0.2) is 11.5 Å². The lowest BCUT2D eigenvalue weighted by Gasteiger charge is -2.10. The van der Waals surface area contributed by atoms with Crippen LogP contribution in [-0.2, 0) is 11.2 Å². The monoisotopic (exact) mass is 391 g/mol. The van der Waals surface area contributed by atoms with Gasteiger partial charge in [-0.1, -0.05) is 17.7 Å². The van der Waals surface area contributed by atoms with Gasteiger partial charge in [-0.15, -0.1) is 0 Å². The van der Waals surface area contributed by atoms with Crippen LogP contribution in [0.5, 0.6) is 17.2 Å². The summed E-state index contributed by atoms with van der Waals surface area (Å²) < 4.78 is 16.2. The topological polar surface area (TPSA) is 56.8 Å². The number of aryl methyl sites for hydroxylation is 1. The fourth-order valence-electron chi connectivity index (χ4n) is 2.60. The highest BCUT2D eigenvalue weighted by molar-refractivity contribution is 6.31. The number of carbonyl (C=O) groups excluding carboxylic acids is 1. The molecule has 0 saturated carbocycles. The zero-order valence-electron chi connectivity index (χ0n) is 16.0. The van der Waals surface area contributed by atoms with Crippen LogP contribution >= 0.6 is 11.6 Å². The highest BCUT2D eigenvalue weighted by Crippen LogP contribution is 2.27. The molecule has 6 heteroatoms. The minimum atomic E-state index is 0.0198. The SMILES string of the molecule is COc1ccc(CCNC(=O)CCCOc2ccc(Cl)c(C)c2)cc1OC. The Balaban J connectivity index is 1.65. The van der Waals surface area contributed by atoms with E-state index in [0.717, 1.165) is 28.3 Å². The number of ether oxygens (including phenoxy) is 3. The van der Waals surface area contributed by atoms with Crippen molar-refractivity contribution >= 4 is 17.5 Å². The molecule has 146 valence electrons. The highest BCUT2D eigenvalue weighted by atomic mass is 35.5. The standard InChI is InChI=1S/C21H26ClNO4/c1-15-13-17(7-8-18(15)22)27-12-4-5-21(24)23-11-10-16-6-9-19(25-2)20(14-16)26-3/h6-9,13-14H,4-5,10-12H2,1-3H3,(H,23,24). The van der Waals surface area contributed by atoms with Crippen molar-refractivity contribution in [1.82, 2.24) is 5.32 Å². The summed E-state index contributed by atoms with van der Waals surface area (Å²) in [5, 5.41) is 3.65. The lowest BCUT2D eigenvalue weighted by atomic mass is 10.1. The van der Waals surface area contributed by atoms with Gasteiger partial charge in [0.2, 0.25) is 5.91 Å². The summed E-state index contributed by atoms with van der Waals surface area (Å²) >= 11 is 5.99. The first kappa shape index (κ1) is 20.9. The van der Waals surface area contributed by atoms with Crippen LogP contribution < -0.4 is 19.5 Å². The largest absolute Gasteiger partial charge is 0.494 e. The third kappa shape index (κ3) is 6.68. The van der Waals surface area contributed by atoms with Crippen molar-refractivity contribution in [2.24, 2.45) is 0 Å². The molecular formula is C21H26ClNO4. The second-order valence-corrected chi connectivity index (χ2v) is 6.56. The second kappa shape index (κ2) is 10.7. The van der Waals surface area contributed by atoms with Gasteiger partial charge in [0.05, 0.1) is 20.8 Å². The van der Waals surface area contributed by atoms with Gasteiger partial charge in [-0.25, -0.2) is 0 Å². The van der Waals surface area contributed by atoms with Crippen molar-refractivity contribution in [2.45, 2.75) is 26.2 Å². The summed E-state index contributed by atoms with van der Waals surface area (Å²) in [7, 11) is 3.21. The predicted octanol–water partition coefficient (Wildman–Crippen LogP) is 4.18. The smallest absolute Gasteiger partial charge is 0.220 e. The minimum Gasteiger partial charge on any atom is -0.494 e. The maximum absolute atomic E-state index is 11.9. The molecule has 0 heterocycles. The van der Waals surface area contributed by atoms with Crippen LogP contribution in [0.1, 0.15) is 24.0 Å². The lowest BCUT2D eigenvalue weighted by molar-refractivity contribution is -0.121. The van der Waals surface area contributed by atoms with Crippen molar-refractivity contribution in [3.05, 3.63) is 52.5 Å². The minimum absolute atomic E-state index is 0.0198. The van der Waals surface area contributed by atoms with Crippen LogP contribution in [0.3, 0.4) is 0 Å². The quantitative estimate of drug-likeness (QED) is 0.617. The number of hydrogen-bond donors (Lipinski definition) is 1. The molecule has 0 atom stereocenters. The molecule has 2 aromatic carbocycles. The Hall–Kier alpha value is -2.40. The van der Waals surface area contributed by atoms with Crippen LogP contribution in [0.4, 0.5) is 0 Å². The molecule has 0 aromatic heterocycles. The Morgan fingerprint density at radius 3 is 2.56 bits per heavy atom. The molecule has 0 spiro atoms. The Morgan fingerprint density at radius 2 is 1.85 bits per heavy atom. The molecule has 0 saturated heterocycles. The normalized spacial score (nSPS) is 10.4. The summed E-state index contributed by atoms with van der Waals surface area (Å²) in [6.45, 7) is 3.00.